The van der Waals surface area contributed by atoms with Gasteiger partial charge in [-0.3, -0.25) is 0 Å². The molecule has 23 heavy (non-hydrogen) atoms. The molecule has 0 aliphatic carbocycles. The van der Waals surface area contributed by atoms with Gasteiger partial charge in [-0.05, 0) is 12.1 Å². The number of para-hydroxylation sites is 2. The molecule has 7 heteroatoms. The first kappa shape index (κ1) is 15.0. The van der Waals surface area contributed by atoms with Crippen molar-refractivity contribution in [2.45, 2.75) is 20.4 Å². The molecule has 0 amide bonds. The molecular formula is C16H19N7. The van der Waals surface area contributed by atoms with E-state index >= 15 is 0 Å². The lowest BCUT2D eigenvalue weighted by atomic mass is 10.3. The summed E-state index contributed by atoms with van der Waals surface area (Å²) in [4.78, 5) is 20.1. The van der Waals surface area contributed by atoms with Crippen molar-refractivity contribution in [3.8, 4) is 0 Å². The molecule has 0 aliphatic heterocycles. The molecule has 0 bridgehead atoms. The molecule has 3 aromatic heterocycles. The van der Waals surface area contributed by atoms with Crippen LogP contribution < -0.4 is 5.32 Å². The molecule has 7 nitrogen and oxygen atoms in total. The first-order valence-corrected chi connectivity index (χ1v) is 7.61. The van der Waals surface area contributed by atoms with Crippen LogP contribution in [0.3, 0.4) is 0 Å². The number of H-pyrrole nitrogens is 1. The Morgan fingerprint density at radius 1 is 1.13 bits per heavy atom. The van der Waals surface area contributed by atoms with Crippen LogP contribution in [-0.4, -0.2) is 29.5 Å². The van der Waals surface area contributed by atoms with Crippen molar-refractivity contribution in [2.24, 2.45) is 7.05 Å². The summed E-state index contributed by atoms with van der Waals surface area (Å²) in [5.74, 6) is 1.67. The van der Waals surface area contributed by atoms with Gasteiger partial charge in [0.05, 0.1) is 23.9 Å². The van der Waals surface area contributed by atoms with Crippen LogP contribution in [0.15, 0.2) is 36.9 Å². The maximum atomic E-state index is 4.63. The maximum Gasteiger partial charge on any atom is 0.182 e. The van der Waals surface area contributed by atoms with Crippen LogP contribution in [0.1, 0.15) is 19.7 Å². The van der Waals surface area contributed by atoms with Gasteiger partial charge < -0.3 is 14.9 Å². The van der Waals surface area contributed by atoms with Gasteiger partial charge in [-0.25, -0.2) is 19.9 Å². The number of rotatable bonds is 3. The zero-order valence-electron chi connectivity index (χ0n) is 13.4. The average molecular weight is 309 g/mol. The van der Waals surface area contributed by atoms with E-state index in [2.05, 4.69) is 40.9 Å². The van der Waals surface area contributed by atoms with Crippen LogP contribution in [0.2, 0.25) is 0 Å². The molecule has 3 heterocycles. The van der Waals surface area contributed by atoms with Gasteiger partial charge in [0.1, 0.15) is 17.7 Å². The summed E-state index contributed by atoms with van der Waals surface area (Å²) in [5.41, 5.74) is 3.56. The summed E-state index contributed by atoms with van der Waals surface area (Å²) in [6.07, 6.45) is 3.11. The maximum absolute atomic E-state index is 4.63. The van der Waals surface area contributed by atoms with E-state index in [1.807, 2.05) is 39.1 Å². The highest BCUT2D eigenvalue weighted by atomic mass is 15.1. The lowest BCUT2D eigenvalue weighted by Crippen LogP contribution is -2.07. The fraction of sp³-hybridized carbons (Fsp3) is 0.250. The van der Waals surface area contributed by atoms with Gasteiger partial charge in [0.25, 0.3) is 0 Å². The molecule has 4 aromatic rings. The van der Waals surface area contributed by atoms with Gasteiger partial charge in [0.15, 0.2) is 11.5 Å². The number of hydrogen-bond donors (Lipinski definition) is 2. The molecule has 4 rings (SSSR count). The molecule has 0 radical (unpaired) electrons. The Morgan fingerprint density at radius 3 is 2.78 bits per heavy atom. The predicted octanol–water partition coefficient (Wildman–Crippen LogP) is 2.88. The highest BCUT2D eigenvalue weighted by Gasteiger charge is 2.09. The van der Waals surface area contributed by atoms with Crippen LogP contribution >= 0.6 is 0 Å². The molecule has 0 saturated heterocycles. The van der Waals surface area contributed by atoms with Crippen molar-refractivity contribution in [3.63, 3.8) is 0 Å². The topological polar surface area (TPSA) is 84.3 Å². The Labute approximate surface area is 133 Å². The van der Waals surface area contributed by atoms with Crippen LogP contribution in [0, 0.1) is 0 Å². The number of imidazole rings is 2. The van der Waals surface area contributed by atoms with Crippen molar-refractivity contribution in [2.75, 3.05) is 5.32 Å². The Balaban J connectivity index is 0.000000753. The Hall–Kier alpha value is -2.96. The van der Waals surface area contributed by atoms with E-state index < -0.39 is 0 Å². The number of hydrogen-bond acceptors (Lipinski definition) is 5. The highest BCUT2D eigenvalue weighted by molar-refractivity contribution is 5.82. The van der Waals surface area contributed by atoms with E-state index in [4.69, 9.17) is 0 Å². The minimum Gasteiger partial charge on any atom is -0.361 e. The third-order valence-electron chi connectivity index (χ3n) is 3.52. The molecule has 0 atom stereocenters. The van der Waals surface area contributed by atoms with E-state index in [-0.39, 0.29) is 0 Å². The minimum absolute atomic E-state index is 0.580. The van der Waals surface area contributed by atoms with Gasteiger partial charge in [-0.15, -0.1) is 0 Å². The smallest absolute Gasteiger partial charge is 0.182 e. The lowest BCUT2D eigenvalue weighted by Gasteiger charge is -2.06. The fourth-order valence-corrected chi connectivity index (χ4v) is 2.42. The molecule has 0 spiro atoms. The Kier molecular flexibility index (Phi) is 4.18. The van der Waals surface area contributed by atoms with Gasteiger partial charge >= 0.3 is 0 Å². The summed E-state index contributed by atoms with van der Waals surface area (Å²) in [6, 6.07) is 8.07. The number of nitrogens with one attached hydrogen (secondary N) is 2. The lowest BCUT2D eigenvalue weighted by molar-refractivity contribution is 0.832. The summed E-state index contributed by atoms with van der Waals surface area (Å²) in [7, 11) is 2.01. The summed E-state index contributed by atoms with van der Waals surface area (Å²) >= 11 is 0. The van der Waals surface area contributed by atoms with Gasteiger partial charge in [0, 0.05) is 7.05 Å². The van der Waals surface area contributed by atoms with E-state index in [9.17, 15) is 0 Å². The number of nitrogens with zero attached hydrogens (tertiary/aromatic N) is 5. The summed E-state index contributed by atoms with van der Waals surface area (Å²) in [6.45, 7) is 4.58. The third kappa shape index (κ3) is 2.73. The van der Waals surface area contributed by atoms with Crippen molar-refractivity contribution < 1.29 is 0 Å². The number of aryl methyl sites for hydroxylation is 1. The minimum atomic E-state index is 0.580. The third-order valence-corrected chi connectivity index (χ3v) is 3.52. The normalized spacial score (nSPS) is 10.6. The fourth-order valence-electron chi connectivity index (χ4n) is 2.42. The van der Waals surface area contributed by atoms with Crippen molar-refractivity contribution in [1.82, 2.24) is 29.5 Å². The summed E-state index contributed by atoms with van der Waals surface area (Å²) < 4.78 is 2.08. The molecule has 0 fully saturated rings. The predicted molar refractivity (Wildman–Crippen MR) is 91.1 cm³/mol. The molecule has 0 unspecified atom stereocenters. The number of aromatic amines is 1. The second-order valence-corrected chi connectivity index (χ2v) is 4.75. The second-order valence-electron chi connectivity index (χ2n) is 4.75. The van der Waals surface area contributed by atoms with Gasteiger partial charge in [-0.1, -0.05) is 26.0 Å². The van der Waals surface area contributed by atoms with E-state index in [0.717, 1.165) is 28.2 Å². The van der Waals surface area contributed by atoms with Crippen molar-refractivity contribution in [3.05, 3.63) is 42.7 Å². The first-order chi connectivity index (χ1) is 11.3. The number of benzene rings is 1. The average Bonchev–Trinajstić information content (AvgIpc) is 3.20. The first-order valence-electron chi connectivity index (χ1n) is 7.61. The monoisotopic (exact) mass is 309 g/mol. The Morgan fingerprint density at radius 2 is 1.96 bits per heavy atom. The van der Waals surface area contributed by atoms with E-state index in [1.54, 1.807) is 6.33 Å². The van der Waals surface area contributed by atoms with Crippen molar-refractivity contribution in [1.29, 1.82) is 0 Å². The molecule has 118 valence electrons. The zero-order chi connectivity index (χ0) is 16.2. The zero-order valence-corrected chi connectivity index (χ0v) is 13.4. The molecule has 1 aromatic carbocycles. The molecular weight excluding hydrogens is 290 g/mol. The largest absolute Gasteiger partial charge is 0.361 e. The SMILES string of the molecule is CC.Cn1c(CNc2ncnc3nc[nH]c23)nc2ccccc21. The number of fused-ring (bicyclic) bond motifs is 2. The highest BCUT2D eigenvalue weighted by Crippen LogP contribution is 2.17. The van der Waals surface area contributed by atoms with Crippen LogP contribution in [0.4, 0.5) is 5.82 Å². The molecule has 0 aliphatic rings. The van der Waals surface area contributed by atoms with Gasteiger partial charge in [-0.2, -0.15) is 0 Å². The van der Waals surface area contributed by atoms with E-state index in [1.165, 1.54) is 6.33 Å². The molecule has 2 N–H and O–H groups in total. The van der Waals surface area contributed by atoms with Crippen molar-refractivity contribution >= 4 is 28.0 Å². The second kappa shape index (κ2) is 6.43. The molecule has 0 saturated carbocycles. The van der Waals surface area contributed by atoms with Crippen LogP contribution in [-0.2, 0) is 13.6 Å². The standard InChI is InChI=1S/C14H13N7.C2H6/c1-21-10-5-3-2-4-9(10)20-11(21)6-15-13-12-14(17-7-16-12)19-8-18-13;1-2/h2-5,7-8H,6H2,1H3,(H2,15,16,17,18,19);1-2H3. The number of anilines is 1. The Bertz CT molecular complexity index is 922. The number of aromatic nitrogens is 6. The summed E-state index contributed by atoms with van der Waals surface area (Å²) in [5, 5.41) is 3.29. The van der Waals surface area contributed by atoms with Gasteiger partial charge in [0.2, 0.25) is 0 Å². The van der Waals surface area contributed by atoms with E-state index in [0.29, 0.717) is 12.2 Å². The van der Waals surface area contributed by atoms with Crippen LogP contribution in [0.5, 0.6) is 0 Å². The van der Waals surface area contributed by atoms with Crippen LogP contribution in [0.25, 0.3) is 22.2 Å². The quantitative estimate of drug-likeness (QED) is 0.608.